The fourth-order valence-corrected chi connectivity index (χ4v) is 4.01. The molecule has 1 aromatic heterocycles. The summed E-state index contributed by atoms with van der Waals surface area (Å²) in [6.45, 7) is 3.07. The van der Waals surface area contributed by atoms with Crippen LogP contribution in [0.4, 0.5) is 5.69 Å². The van der Waals surface area contributed by atoms with Gasteiger partial charge in [-0.3, -0.25) is 4.90 Å². The molecule has 22 heavy (non-hydrogen) atoms. The van der Waals surface area contributed by atoms with E-state index in [-0.39, 0.29) is 0 Å². The first kappa shape index (κ1) is 15.4. The van der Waals surface area contributed by atoms with E-state index < -0.39 is 0 Å². The summed E-state index contributed by atoms with van der Waals surface area (Å²) in [5.41, 5.74) is 1.34. The van der Waals surface area contributed by atoms with Crippen molar-refractivity contribution >= 4 is 28.6 Å². The third kappa shape index (κ3) is 3.27. The lowest BCUT2D eigenvalue weighted by Gasteiger charge is -2.27. The van der Waals surface area contributed by atoms with Crippen molar-refractivity contribution in [2.45, 2.75) is 18.9 Å². The van der Waals surface area contributed by atoms with Gasteiger partial charge in [0.25, 0.3) is 0 Å². The van der Waals surface area contributed by atoms with E-state index in [2.05, 4.69) is 33.8 Å². The molecule has 1 aliphatic rings. The lowest BCUT2D eigenvalue weighted by Crippen LogP contribution is -2.30. The Balaban J connectivity index is 1.77. The summed E-state index contributed by atoms with van der Waals surface area (Å²) >= 11 is 7.89. The van der Waals surface area contributed by atoms with Gasteiger partial charge in [-0.25, -0.2) is 0 Å². The minimum Gasteiger partial charge on any atom is -0.382 e. The van der Waals surface area contributed by atoms with Gasteiger partial charge in [0.1, 0.15) is 6.07 Å². The number of benzene rings is 1. The Hall–Kier alpha value is -1.54. The quantitative estimate of drug-likeness (QED) is 0.875. The van der Waals surface area contributed by atoms with Gasteiger partial charge in [0.15, 0.2) is 0 Å². The largest absolute Gasteiger partial charge is 0.382 e. The SMILES string of the molecule is N#Cc1c(Cl)cccc1NC[C@H](c1cccs1)N1CCCC1. The molecular weight excluding hydrogens is 314 g/mol. The van der Waals surface area contributed by atoms with Crippen LogP contribution in [0.2, 0.25) is 5.02 Å². The number of hydrogen-bond donors (Lipinski definition) is 1. The van der Waals surface area contributed by atoms with Crippen molar-refractivity contribution in [2.24, 2.45) is 0 Å². The molecule has 3 nitrogen and oxygen atoms in total. The van der Waals surface area contributed by atoms with Crippen molar-refractivity contribution in [3.63, 3.8) is 0 Å². The molecular formula is C17H18ClN3S. The van der Waals surface area contributed by atoms with Gasteiger partial charge < -0.3 is 5.32 Å². The highest BCUT2D eigenvalue weighted by Crippen LogP contribution is 2.30. The molecule has 1 atom stereocenters. The first-order valence-electron chi connectivity index (χ1n) is 7.49. The van der Waals surface area contributed by atoms with E-state index in [0.29, 0.717) is 16.6 Å². The van der Waals surface area contributed by atoms with Gasteiger partial charge in [0.2, 0.25) is 0 Å². The van der Waals surface area contributed by atoms with Crippen molar-refractivity contribution < 1.29 is 0 Å². The van der Waals surface area contributed by atoms with E-state index in [1.54, 1.807) is 17.4 Å². The summed E-state index contributed by atoms with van der Waals surface area (Å²) in [6, 6.07) is 12.4. The number of nitrogens with zero attached hydrogens (tertiary/aromatic N) is 2. The standard InChI is InChI=1S/C17H18ClN3S/c18-14-5-3-6-15(13(14)11-19)20-12-16(17-7-4-10-22-17)21-8-1-2-9-21/h3-7,10,16,20H,1-2,8-9,12H2/t16-/m1/s1. The minimum atomic E-state index is 0.355. The molecule has 0 amide bonds. The summed E-state index contributed by atoms with van der Waals surface area (Å²) in [4.78, 5) is 3.89. The Kier molecular flexibility index (Phi) is 4.99. The number of rotatable bonds is 5. The number of thiophene rings is 1. The van der Waals surface area contributed by atoms with E-state index in [1.165, 1.54) is 17.7 Å². The van der Waals surface area contributed by atoms with Crippen molar-refractivity contribution in [2.75, 3.05) is 25.0 Å². The van der Waals surface area contributed by atoms with E-state index in [1.807, 2.05) is 12.1 Å². The Morgan fingerprint density at radius 3 is 2.77 bits per heavy atom. The minimum absolute atomic E-state index is 0.355. The zero-order chi connectivity index (χ0) is 15.4. The molecule has 0 unspecified atom stereocenters. The van der Waals surface area contributed by atoms with Crippen LogP contribution in [0.5, 0.6) is 0 Å². The Morgan fingerprint density at radius 2 is 2.09 bits per heavy atom. The zero-order valence-corrected chi connectivity index (χ0v) is 13.8. The maximum atomic E-state index is 9.28. The highest BCUT2D eigenvalue weighted by Gasteiger charge is 2.24. The van der Waals surface area contributed by atoms with Crippen LogP contribution in [0.25, 0.3) is 0 Å². The second-order valence-corrected chi connectivity index (χ2v) is 6.82. The summed E-state index contributed by atoms with van der Waals surface area (Å²) in [5.74, 6) is 0. The van der Waals surface area contributed by atoms with Gasteiger partial charge in [0.05, 0.1) is 22.3 Å². The van der Waals surface area contributed by atoms with E-state index in [9.17, 15) is 5.26 Å². The molecule has 2 heterocycles. The number of hydrogen-bond acceptors (Lipinski definition) is 4. The molecule has 0 bridgehead atoms. The molecule has 0 aliphatic carbocycles. The van der Waals surface area contributed by atoms with E-state index in [4.69, 9.17) is 11.6 Å². The van der Waals surface area contributed by atoms with Gasteiger partial charge in [-0.2, -0.15) is 5.26 Å². The molecule has 114 valence electrons. The molecule has 0 saturated carbocycles. The fraction of sp³-hybridized carbons (Fsp3) is 0.353. The smallest absolute Gasteiger partial charge is 0.103 e. The first-order valence-corrected chi connectivity index (χ1v) is 8.75. The number of likely N-dealkylation sites (tertiary alicyclic amines) is 1. The highest BCUT2D eigenvalue weighted by atomic mass is 35.5. The van der Waals surface area contributed by atoms with Gasteiger partial charge in [-0.05, 0) is 49.5 Å². The zero-order valence-electron chi connectivity index (χ0n) is 12.3. The normalized spacial score (nSPS) is 16.4. The van der Waals surface area contributed by atoms with Crippen molar-refractivity contribution in [1.29, 1.82) is 5.26 Å². The maximum Gasteiger partial charge on any atom is 0.103 e. The summed E-state index contributed by atoms with van der Waals surface area (Å²) < 4.78 is 0. The predicted octanol–water partition coefficient (Wildman–Crippen LogP) is 4.52. The Bertz CT molecular complexity index is 657. The predicted molar refractivity (Wildman–Crippen MR) is 92.5 cm³/mol. The van der Waals surface area contributed by atoms with Crippen LogP contribution in [-0.4, -0.2) is 24.5 Å². The molecule has 1 saturated heterocycles. The van der Waals surface area contributed by atoms with Gasteiger partial charge in [-0.1, -0.05) is 23.7 Å². The maximum absolute atomic E-state index is 9.28. The van der Waals surface area contributed by atoms with Crippen molar-refractivity contribution in [3.8, 4) is 6.07 Å². The Labute approximate surface area is 140 Å². The van der Waals surface area contributed by atoms with Crippen LogP contribution in [0, 0.1) is 11.3 Å². The third-order valence-corrected chi connectivity index (χ3v) is 5.35. The van der Waals surface area contributed by atoms with Crippen molar-refractivity contribution in [1.82, 2.24) is 4.90 Å². The van der Waals surface area contributed by atoms with Gasteiger partial charge >= 0.3 is 0 Å². The van der Waals surface area contributed by atoms with Crippen LogP contribution >= 0.6 is 22.9 Å². The lowest BCUT2D eigenvalue weighted by atomic mass is 10.1. The van der Waals surface area contributed by atoms with Crippen LogP contribution in [0.15, 0.2) is 35.7 Å². The first-order chi connectivity index (χ1) is 10.8. The monoisotopic (exact) mass is 331 g/mol. The molecule has 3 rings (SSSR count). The number of anilines is 1. The lowest BCUT2D eigenvalue weighted by molar-refractivity contribution is 0.259. The van der Waals surface area contributed by atoms with Gasteiger partial charge in [0, 0.05) is 11.4 Å². The second kappa shape index (κ2) is 7.15. The molecule has 2 aromatic rings. The van der Waals surface area contributed by atoms with E-state index in [0.717, 1.165) is 25.3 Å². The van der Waals surface area contributed by atoms with Crippen LogP contribution < -0.4 is 5.32 Å². The molecule has 0 radical (unpaired) electrons. The summed E-state index contributed by atoms with van der Waals surface area (Å²) in [5, 5.41) is 15.3. The number of halogens is 1. The fourth-order valence-electron chi connectivity index (χ4n) is 2.94. The molecule has 1 aliphatic heterocycles. The summed E-state index contributed by atoms with van der Waals surface area (Å²) in [7, 11) is 0. The topological polar surface area (TPSA) is 39.1 Å². The average Bonchev–Trinajstić information content (AvgIpc) is 3.21. The highest BCUT2D eigenvalue weighted by molar-refractivity contribution is 7.10. The molecule has 1 aromatic carbocycles. The number of nitriles is 1. The van der Waals surface area contributed by atoms with Crippen molar-refractivity contribution in [3.05, 3.63) is 51.2 Å². The molecule has 1 N–H and O–H groups in total. The molecule has 5 heteroatoms. The van der Waals surface area contributed by atoms with Gasteiger partial charge in [-0.15, -0.1) is 11.3 Å². The van der Waals surface area contributed by atoms with Crippen LogP contribution in [0.1, 0.15) is 29.3 Å². The summed E-state index contributed by atoms with van der Waals surface area (Å²) in [6.07, 6.45) is 2.53. The van der Waals surface area contributed by atoms with Crippen LogP contribution in [0.3, 0.4) is 0 Å². The number of nitrogens with one attached hydrogen (secondary N) is 1. The molecule has 1 fully saturated rings. The van der Waals surface area contributed by atoms with Crippen LogP contribution in [-0.2, 0) is 0 Å². The molecule has 0 spiro atoms. The Morgan fingerprint density at radius 1 is 1.27 bits per heavy atom. The second-order valence-electron chi connectivity index (χ2n) is 5.43. The third-order valence-electron chi connectivity index (χ3n) is 4.06. The van der Waals surface area contributed by atoms with E-state index >= 15 is 0 Å². The average molecular weight is 332 g/mol.